The van der Waals surface area contributed by atoms with Crippen molar-refractivity contribution in [1.29, 1.82) is 0 Å². The molecule has 0 aliphatic carbocycles. The largest absolute Gasteiger partial charge is 0.484 e. The third kappa shape index (κ3) is 5.38. The van der Waals surface area contributed by atoms with E-state index in [4.69, 9.17) is 21.1 Å². The summed E-state index contributed by atoms with van der Waals surface area (Å²) < 4.78 is 25.9. The van der Waals surface area contributed by atoms with Gasteiger partial charge in [0.2, 0.25) is 5.88 Å². The van der Waals surface area contributed by atoms with Crippen molar-refractivity contribution >= 4 is 23.2 Å². The number of nitrogens with zero attached hydrogens (tertiary/aromatic N) is 4. The standard InChI is InChI=1S/C23H21ClFN5O3/c1-14-11-18(12-15(2)22(14)24)33-13-20(31)26-9-10-32-21-8-7-19-27-28-23(30(19)29-21)16-3-5-17(25)6-4-16/h3-8,11-12H,9-10,13H2,1-2H3,(H,26,31). The number of carbonyl (C=O) groups excluding carboxylic acids is 1. The molecule has 0 spiro atoms. The number of amides is 1. The van der Waals surface area contributed by atoms with Crippen LogP contribution in [0.1, 0.15) is 11.1 Å². The first-order chi connectivity index (χ1) is 15.9. The summed E-state index contributed by atoms with van der Waals surface area (Å²) in [5, 5.41) is 16.0. The maximum Gasteiger partial charge on any atom is 0.258 e. The number of hydrogen-bond acceptors (Lipinski definition) is 6. The maximum atomic E-state index is 13.2. The van der Waals surface area contributed by atoms with Crippen LogP contribution in [0.3, 0.4) is 0 Å². The first kappa shape index (κ1) is 22.5. The van der Waals surface area contributed by atoms with Gasteiger partial charge in [0, 0.05) is 16.7 Å². The number of aryl methyl sites for hydroxylation is 2. The second-order valence-electron chi connectivity index (χ2n) is 7.33. The highest BCUT2D eigenvalue weighted by atomic mass is 35.5. The molecule has 0 unspecified atom stereocenters. The van der Waals surface area contributed by atoms with Crippen LogP contribution in [0.5, 0.6) is 11.6 Å². The maximum absolute atomic E-state index is 13.2. The van der Waals surface area contributed by atoms with E-state index in [0.29, 0.717) is 33.7 Å². The highest BCUT2D eigenvalue weighted by molar-refractivity contribution is 6.32. The van der Waals surface area contributed by atoms with Crippen molar-refractivity contribution in [3.8, 4) is 23.0 Å². The number of halogens is 2. The zero-order valence-electron chi connectivity index (χ0n) is 18.0. The lowest BCUT2D eigenvalue weighted by Crippen LogP contribution is -2.32. The van der Waals surface area contributed by atoms with Gasteiger partial charge < -0.3 is 14.8 Å². The van der Waals surface area contributed by atoms with Crippen LogP contribution in [0, 0.1) is 19.7 Å². The third-order valence-electron chi connectivity index (χ3n) is 4.79. The topological polar surface area (TPSA) is 90.6 Å². The second-order valence-corrected chi connectivity index (χ2v) is 7.71. The number of hydrogen-bond donors (Lipinski definition) is 1. The molecule has 0 aliphatic rings. The van der Waals surface area contributed by atoms with E-state index in [2.05, 4.69) is 20.6 Å². The van der Waals surface area contributed by atoms with Gasteiger partial charge in [-0.3, -0.25) is 4.79 Å². The van der Waals surface area contributed by atoms with Crippen molar-refractivity contribution in [3.05, 3.63) is 70.5 Å². The molecule has 170 valence electrons. The van der Waals surface area contributed by atoms with E-state index >= 15 is 0 Å². The Kier molecular flexibility index (Phi) is 6.69. The number of nitrogens with one attached hydrogen (secondary N) is 1. The van der Waals surface area contributed by atoms with Crippen LogP contribution in [0.4, 0.5) is 4.39 Å². The molecule has 33 heavy (non-hydrogen) atoms. The van der Waals surface area contributed by atoms with E-state index in [-0.39, 0.29) is 31.5 Å². The van der Waals surface area contributed by atoms with Crippen LogP contribution in [0.25, 0.3) is 17.0 Å². The molecule has 8 nitrogen and oxygen atoms in total. The average molecular weight is 470 g/mol. The van der Waals surface area contributed by atoms with Crippen molar-refractivity contribution in [1.82, 2.24) is 25.1 Å². The number of ether oxygens (including phenoxy) is 2. The monoisotopic (exact) mass is 469 g/mol. The molecule has 2 heterocycles. The quantitative estimate of drug-likeness (QED) is 0.395. The molecule has 4 aromatic rings. The molecule has 0 saturated carbocycles. The summed E-state index contributed by atoms with van der Waals surface area (Å²) in [5.74, 6) is 0.779. The summed E-state index contributed by atoms with van der Waals surface area (Å²) in [6.07, 6.45) is 0. The first-order valence-electron chi connectivity index (χ1n) is 10.2. The summed E-state index contributed by atoms with van der Waals surface area (Å²) in [6.45, 7) is 4.12. The minimum atomic E-state index is -0.338. The molecule has 0 atom stereocenters. The summed E-state index contributed by atoms with van der Waals surface area (Å²) in [6, 6.07) is 12.9. The average Bonchev–Trinajstić information content (AvgIpc) is 3.22. The van der Waals surface area contributed by atoms with Crippen LogP contribution in [0.2, 0.25) is 5.02 Å². The van der Waals surface area contributed by atoms with Crippen molar-refractivity contribution in [2.75, 3.05) is 19.8 Å². The molecule has 2 aromatic heterocycles. The zero-order chi connectivity index (χ0) is 23.4. The van der Waals surface area contributed by atoms with Gasteiger partial charge in [0.05, 0.1) is 6.54 Å². The SMILES string of the molecule is Cc1cc(OCC(=O)NCCOc2ccc3nnc(-c4ccc(F)cc4)n3n2)cc(C)c1Cl. The Bertz CT molecular complexity index is 1270. The van der Waals surface area contributed by atoms with Gasteiger partial charge in [-0.2, -0.15) is 4.52 Å². The molecular formula is C23H21ClFN5O3. The molecule has 10 heteroatoms. The van der Waals surface area contributed by atoms with Gasteiger partial charge in [-0.05, 0) is 67.4 Å². The zero-order valence-corrected chi connectivity index (χ0v) is 18.8. The molecule has 1 N–H and O–H groups in total. The summed E-state index contributed by atoms with van der Waals surface area (Å²) in [5.41, 5.74) is 2.98. The highest BCUT2D eigenvalue weighted by Gasteiger charge is 2.11. The van der Waals surface area contributed by atoms with Gasteiger partial charge in [-0.15, -0.1) is 15.3 Å². The van der Waals surface area contributed by atoms with Gasteiger partial charge in [-0.25, -0.2) is 4.39 Å². The van der Waals surface area contributed by atoms with Crippen molar-refractivity contribution in [2.45, 2.75) is 13.8 Å². The Morgan fingerprint density at radius 3 is 2.52 bits per heavy atom. The Hall–Kier alpha value is -3.72. The fourth-order valence-corrected chi connectivity index (χ4v) is 3.27. The lowest BCUT2D eigenvalue weighted by Gasteiger charge is -2.11. The number of rotatable bonds is 8. The summed E-state index contributed by atoms with van der Waals surface area (Å²) in [7, 11) is 0. The lowest BCUT2D eigenvalue weighted by atomic mass is 10.1. The third-order valence-corrected chi connectivity index (χ3v) is 5.39. The molecule has 2 aromatic carbocycles. The minimum Gasteiger partial charge on any atom is -0.484 e. The van der Waals surface area contributed by atoms with Crippen LogP contribution >= 0.6 is 11.6 Å². The minimum absolute atomic E-state index is 0.119. The molecular weight excluding hydrogens is 449 g/mol. The van der Waals surface area contributed by atoms with Crippen LogP contribution < -0.4 is 14.8 Å². The normalized spacial score (nSPS) is 10.9. The van der Waals surface area contributed by atoms with E-state index in [9.17, 15) is 9.18 Å². The number of aromatic nitrogens is 4. The van der Waals surface area contributed by atoms with E-state index in [1.54, 1.807) is 36.4 Å². The highest BCUT2D eigenvalue weighted by Crippen LogP contribution is 2.25. The predicted octanol–water partition coefficient (Wildman–Crippen LogP) is 3.77. The van der Waals surface area contributed by atoms with Crippen molar-refractivity contribution in [2.24, 2.45) is 0 Å². The summed E-state index contributed by atoms with van der Waals surface area (Å²) in [4.78, 5) is 12.0. The fraction of sp³-hybridized carbons (Fsp3) is 0.217. The van der Waals surface area contributed by atoms with E-state index in [0.717, 1.165) is 11.1 Å². The van der Waals surface area contributed by atoms with Crippen molar-refractivity contribution in [3.63, 3.8) is 0 Å². The van der Waals surface area contributed by atoms with Gasteiger partial charge in [0.15, 0.2) is 18.1 Å². The van der Waals surface area contributed by atoms with Gasteiger partial charge in [0.25, 0.3) is 5.91 Å². The molecule has 0 aliphatic heterocycles. The molecule has 0 bridgehead atoms. The number of carbonyl (C=O) groups is 1. The number of benzene rings is 2. The molecule has 4 rings (SSSR count). The Balaban J connectivity index is 1.29. The molecule has 1 amide bonds. The molecule has 0 radical (unpaired) electrons. The van der Waals surface area contributed by atoms with Crippen LogP contribution in [-0.4, -0.2) is 45.5 Å². The fourth-order valence-electron chi connectivity index (χ4n) is 3.16. The second kappa shape index (κ2) is 9.83. The smallest absolute Gasteiger partial charge is 0.258 e. The predicted molar refractivity (Wildman–Crippen MR) is 121 cm³/mol. The van der Waals surface area contributed by atoms with Crippen LogP contribution in [-0.2, 0) is 4.79 Å². The lowest BCUT2D eigenvalue weighted by molar-refractivity contribution is -0.123. The molecule has 0 saturated heterocycles. The van der Waals surface area contributed by atoms with Gasteiger partial charge in [0.1, 0.15) is 18.2 Å². The van der Waals surface area contributed by atoms with Gasteiger partial charge in [-0.1, -0.05) is 11.6 Å². The molecule has 0 fully saturated rings. The first-order valence-corrected chi connectivity index (χ1v) is 10.6. The Labute approximate surface area is 194 Å². The Morgan fingerprint density at radius 1 is 1.06 bits per heavy atom. The van der Waals surface area contributed by atoms with Crippen LogP contribution in [0.15, 0.2) is 48.5 Å². The number of fused-ring (bicyclic) bond motifs is 1. The van der Waals surface area contributed by atoms with E-state index in [1.807, 2.05) is 13.8 Å². The summed E-state index contributed by atoms with van der Waals surface area (Å²) >= 11 is 6.14. The van der Waals surface area contributed by atoms with E-state index < -0.39 is 0 Å². The van der Waals surface area contributed by atoms with Gasteiger partial charge >= 0.3 is 0 Å². The van der Waals surface area contributed by atoms with E-state index in [1.165, 1.54) is 16.6 Å². The van der Waals surface area contributed by atoms with Crippen molar-refractivity contribution < 1.29 is 18.7 Å². The Morgan fingerprint density at radius 2 is 1.79 bits per heavy atom.